The van der Waals surface area contributed by atoms with E-state index in [9.17, 15) is 9.59 Å². The SMILES string of the molecule is CCOc1ccc(-c2cc3c(=O)n(CCNC(=O)c4cccc(C#N)c4)ccn3n2)cc1. The van der Waals surface area contributed by atoms with Gasteiger partial charge >= 0.3 is 0 Å². The molecule has 8 nitrogen and oxygen atoms in total. The first-order chi connectivity index (χ1) is 15.6. The molecule has 0 aliphatic carbocycles. The molecule has 1 N–H and O–H groups in total. The molecule has 0 fully saturated rings. The van der Waals surface area contributed by atoms with Crippen LogP contribution in [0.15, 0.2) is 71.8 Å². The number of hydrogen-bond acceptors (Lipinski definition) is 5. The number of nitriles is 1. The summed E-state index contributed by atoms with van der Waals surface area (Å²) in [5.41, 5.74) is 2.65. The lowest BCUT2D eigenvalue weighted by molar-refractivity contribution is 0.0952. The summed E-state index contributed by atoms with van der Waals surface area (Å²) < 4.78 is 8.55. The summed E-state index contributed by atoms with van der Waals surface area (Å²) in [6.45, 7) is 3.10. The Balaban J connectivity index is 1.47. The summed E-state index contributed by atoms with van der Waals surface area (Å²) in [4.78, 5) is 25.2. The first kappa shape index (κ1) is 20.9. The van der Waals surface area contributed by atoms with E-state index < -0.39 is 0 Å². The molecule has 4 rings (SSSR count). The third-order valence-electron chi connectivity index (χ3n) is 4.96. The van der Waals surface area contributed by atoms with Gasteiger partial charge in [0.1, 0.15) is 11.3 Å². The number of rotatable bonds is 7. The van der Waals surface area contributed by atoms with Crippen LogP contribution in [0.1, 0.15) is 22.8 Å². The standard InChI is InChI=1S/C24H21N5O3/c1-2-32-20-8-6-18(7-9-20)21-15-22-24(31)28(12-13-29(22)27-21)11-10-26-23(30)19-5-3-4-17(14-19)16-25/h3-9,12-15H,2,10-11H2,1H3,(H,26,30). The van der Waals surface area contributed by atoms with Crippen molar-refractivity contribution in [2.75, 3.05) is 13.2 Å². The number of amides is 1. The maximum Gasteiger partial charge on any atom is 0.276 e. The zero-order valence-corrected chi connectivity index (χ0v) is 17.5. The third-order valence-corrected chi connectivity index (χ3v) is 4.96. The number of nitrogens with one attached hydrogen (secondary N) is 1. The predicted molar refractivity (Wildman–Crippen MR) is 120 cm³/mol. The van der Waals surface area contributed by atoms with Gasteiger partial charge in [0.25, 0.3) is 11.5 Å². The van der Waals surface area contributed by atoms with Crippen molar-refractivity contribution >= 4 is 11.4 Å². The molecule has 1 amide bonds. The van der Waals surface area contributed by atoms with Crippen LogP contribution in [-0.4, -0.2) is 33.2 Å². The van der Waals surface area contributed by atoms with E-state index in [0.717, 1.165) is 11.3 Å². The maximum atomic E-state index is 12.9. The van der Waals surface area contributed by atoms with Crippen LogP contribution in [0.4, 0.5) is 0 Å². The molecule has 0 aliphatic rings. The van der Waals surface area contributed by atoms with E-state index in [-0.39, 0.29) is 18.0 Å². The molecule has 0 saturated heterocycles. The second-order valence-corrected chi connectivity index (χ2v) is 7.06. The molecule has 0 bridgehead atoms. The Kier molecular flexibility index (Phi) is 5.99. The normalized spacial score (nSPS) is 10.6. The summed E-state index contributed by atoms with van der Waals surface area (Å²) in [6.07, 6.45) is 3.36. The first-order valence-electron chi connectivity index (χ1n) is 10.2. The summed E-state index contributed by atoms with van der Waals surface area (Å²) >= 11 is 0. The summed E-state index contributed by atoms with van der Waals surface area (Å²) in [5.74, 6) is 0.488. The van der Waals surface area contributed by atoms with E-state index in [1.165, 1.54) is 10.6 Å². The zero-order chi connectivity index (χ0) is 22.5. The van der Waals surface area contributed by atoms with Crippen LogP contribution in [0.3, 0.4) is 0 Å². The number of fused-ring (bicyclic) bond motifs is 1. The summed E-state index contributed by atoms with van der Waals surface area (Å²) in [6, 6.07) is 17.8. The number of aromatic nitrogens is 3. The molecule has 160 valence electrons. The lowest BCUT2D eigenvalue weighted by Crippen LogP contribution is -2.31. The number of ether oxygens (including phenoxy) is 1. The largest absolute Gasteiger partial charge is 0.494 e. The van der Waals surface area contributed by atoms with Crippen molar-refractivity contribution in [2.45, 2.75) is 13.5 Å². The topological polar surface area (TPSA) is 101 Å². The zero-order valence-electron chi connectivity index (χ0n) is 17.5. The van der Waals surface area contributed by atoms with Gasteiger partial charge in [0.15, 0.2) is 0 Å². The van der Waals surface area contributed by atoms with E-state index >= 15 is 0 Å². The second-order valence-electron chi connectivity index (χ2n) is 7.06. The minimum absolute atomic E-state index is 0.196. The number of benzene rings is 2. The molecule has 0 radical (unpaired) electrons. The van der Waals surface area contributed by atoms with Gasteiger partial charge in [-0.15, -0.1) is 0 Å². The Labute approximate surface area is 184 Å². The molecule has 2 aromatic carbocycles. The maximum absolute atomic E-state index is 12.9. The smallest absolute Gasteiger partial charge is 0.276 e. The van der Waals surface area contributed by atoms with Gasteiger partial charge in [-0.2, -0.15) is 10.4 Å². The van der Waals surface area contributed by atoms with Gasteiger partial charge in [-0.1, -0.05) is 6.07 Å². The Bertz CT molecular complexity index is 1360. The van der Waals surface area contributed by atoms with E-state index in [4.69, 9.17) is 10.00 Å². The monoisotopic (exact) mass is 427 g/mol. The molecule has 2 aromatic heterocycles. The first-order valence-corrected chi connectivity index (χ1v) is 10.2. The number of carbonyl (C=O) groups excluding carboxylic acids is 1. The molecular formula is C24H21N5O3. The molecule has 2 heterocycles. The van der Waals surface area contributed by atoms with Crippen molar-refractivity contribution in [1.29, 1.82) is 5.26 Å². The van der Waals surface area contributed by atoms with Crippen molar-refractivity contribution in [1.82, 2.24) is 19.5 Å². The highest BCUT2D eigenvalue weighted by Gasteiger charge is 2.10. The van der Waals surface area contributed by atoms with Crippen molar-refractivity contribution in [3.8, 4) is 23.1 Å². The van der Waals surface area contributed by atoms with Gasteiger partial charge in [-0.3, -0.25) is 9.59 Å². The molecular weight excluding hydrogens is 406 g/mol. The summed E-state index contributed by atoms with van der Waals surface area (Å²) in [7, 11) is 0. The fraction of sp³-hybridized carbons (Fsp3) is 0.167. The minimum Gasteiger partial charge on any atom is -0.494 e. The van der Waals surface area contributed by atoms with Crippen molar-refractivity contribution in [3.63, 3.8) is 0 Å². The molecule has 0 spiro atoms. The van der Waals surface area contributed by atoms with Gasteiger partial charge < -0.3 is 14.6 Å². The molecule has 32 heavy (non-hydrogen) atoms. The fourth-order valence-electron chi connectivity index (χ4n) is 3.35. The van der Waals surface area contributed by atoms with E-state index in [1.807, 2.05) is 37.3 Å². The van der Waals surface area contributed by atoms with E-state index in [1.54, 1.807) is 41.2 Å². The van der Waals surface area contributed by atoms with Crippen molar-refractivity contribution < 1.29 is 9.53 Å². The Morgan fingerprint density at radius 1 is 1.16 bits per heavy atom. The van der Waals surface area contributed by atoms with Gasteiger partial charge in [0, 0.05) is 36.6 Å². The number of hydrogen-bond donors (Lipinski definition) is 1. The highest BCUT2D eigenvalue weighted by molar-refractivity contribution is 5.94. The van der Waals surface area contributed by atoms with Crippen molar-refractivity contribution in [2.24, 2.45) is 0 Å². The van der Waals surface area contributed by atoms with Crippen LogP contribution in [0.2, 0.25) is 0 Å². The Morgan fingerprint density at radius 2 is 1.97 bits per heavy atom. The summed E-state index contributed by atoms with van der Waals surface area (Å²) in [5, 5.41) is 16.2. The average Bonchev–Trinajstić information content (AvgIpc) is 3.26. The molecule has 0 saturated carbocycles. The lowest BCUT2D eigenvalue weighted by atomic mass is 10.1. The number of carbonyl (C=O) groups is 1. The average molecular weight is 427 g/mol. The van der Waals surface area contributed by atoms with Crippen LogP contribution < -0.4 is 15.6 Å². The van der Waals surface area contributed by atoms with Crippen LogP contribution in [0, 0.1) is 11.3 Å². The van der Waals surface area contributed by atoms with Gasteiger partial charge in [0.2, 0.25) is 0 Å². The van der Waals surface area contributed by atoms with Gasteiger partial charge in [-0.05, 0) is 55.5 Å². The van der Waals surface area contributed by atoms with Gasteiger partial charge in [0.05, 0.1) is 23.9 Å². The highest BCUT2D eigenvalue weighted by atomic mass is 16.5. The Hall–Kier alpha value is -4.38. The highest BCUT2D eigenvalue weighted by Crippen LogP contribution is 2.21. The van der Waals surface area contributed by atoms with Crippen LogP contribution in [-0.2, 0) is 6.54 Å². The van der Waals surface area contributed by atoms with E-state index in [2.05, 4.69) is 10.4 Å². The lowest BCUT2D eigenvalue weighted by Gasteiger charge is -2.08. The van der Waals surface area contributed by atoms with Crippen LogP contribution in [0.25, 0.3) is 16.8 Å². The fourth-order valence-corrected chi connectivity index (χ4v) is 3.35. The molecule has 4 aromatic rings. The minimum atomic E-state index is -0.293. The predicted octanol–water partition coefficient (Wildman–Crippen LogP) is 2.86. The van der Waals surface area contributed by atoms with Crippen LogP contribution >= 0.6 is 0 Å². The molecule has 0 atom stereocenters. The van der Waals surface area contributed by atoms with Gasteiger partial charge in [-0.25, -0.2) is 4.52 Å². The molecule has 8 heteroatoms. The number of nitrogens with zero attached hydrogens (tertiary/aromatic N) is 4. The van der Waals surface area contributed by atoms with Crippen LogP contribution in [0.5, 0.6) is 5.75 Å². The third kappa shape index (κ3) is 4.37. The quantitative estimate of drug-likeness (QED) is 0.489. The van der Waals surface area contributed by atoms with Crippen molar-refractivity contribution in [3.05, 3.63) is 88.5 Å². The molecule has 0 unspecified atom stereocenters. The Morgan fingerprint density at radius 3 is 2.72 bits per heavy atom. The molecule has 0 aliphatic heterocycles. The van der Waals surface area contributed by atoms with E-state index in [0.29, 0.717) is 35.5 Å². The second kappa shape index (κ2) is 9.18.